The number of hydrogen-bond donors (Lipinski definition) is 2. The Hall–Kier alpha value is -1.56. The second-order valence-corrected chi connectivity index (χ2v) is 7.13. The lowest BCUT2D eigenvalue weighted by molar-refractivity contribution is 0.282. The van der Waals surface area contributed by atoms with Gasteiger partial charge in [-0.1, -0.05) is 40.2 Å². The molecule has 4 nitrogen and oxygen atoms in total. The summed E-state index contributed by atoms with van der Waals surface area (Å²) < 4.78 is 12.5. The zero-order chi connectivity index (χ0) is 18.8. The van der Waals surface area contributed by atoms with Crippen molar-refractivity contribution in [3.63, 3.8) is 0 Å². The smallest absolute Gasteiger partial charge is 0.162 e. The molecule has 0 amide bonds. The Morgan fingerprint density at radius 3 is 2.58 bits per heavy atom. The number of nitrogens with one attached hydrogen (secondary N) is 1. The molecule has 0 fully saturated rings. The predicted molar refractivity (Wildman–Crippen MR) is 109 cm³/mol. The van der Waals surface area contributed by atoms with Crippen molar-refractivity contribution in [2.45, 2.75) is 39.3 Å². The van der Waals surface area contributed by atoms with Crippen LogP contribution in [0.2, 0.25) is 0 Å². The summed E-state index contributed by atoms with van der Waals surface area (Å²) >= 11 is 3.64. The first kappa shape index (κ1) is 20.7. The van der Waals surface area contributed by atoms with E-state index in [1.54, 1.807) is 7.11 Å². The fourth-order valence-electron chi connectivity index (χ4n) is 2.67. The van der Waals surface area contributed by atoms with Gasteiger partial charge in [-0.2, -0.15) is 0 Å². The number of aliphatic hydroxyl groups is 1. The van der Waals surface area contributed by atoms with Crippen molar-refractivity contribution < 1.29 is 14.6 Å². The van der Waals surface area contributed by atoms with E-state index >= 15 is 0 Å². The summed E-state index contributed by atoms with van der Waals surface area (Å²) in [7, 11) is 1.66. The van der Waals surface area contributed by atoms with Crippen molar-refractivity contribution in [1.29, 1.82) is 0 Å². The molecular weight excluding hydrogens is 394 g/mol. The van der Waals surface area contributed by atoms with E-state index in [0.29, 0.717) is 6.61 Å². The third-order valence-electron chi connectivity index (χ3n) is 4.30. The van der Waals surface area contributed by atoms with Crippen LogP contribution in [0.4, 0.5) is 0 Å². The Morgan fingerprint density at radius 1 is 1.04 bits per heavy atom. The maximum atomic E-state index is 8.80. The van der Waals surface area contributed by atoms with Crippen molar-refractivity contribution >= 4 is 15.9 Å². The van der Waals surface area contributed by atoms with Crippen LogP contribution in [-0.2, 0) is 13.2 Å². The number of aryl methyl sites for hydroxylation is 1. The number of benzene rings is 2. The summed E-state index contributed by atoms with van der Waals surface area (Å²) in [6.45, 7) is 4.56. The van der Waals surface area contributed by atoms with Crippen molar-refractivity contribution in [2.75, 3.05) is 20.3 Å². The molecule has 0 atom stereocenters. The van der Waals surface area contributed by atoms with Crippen LogP contribution < -0.4 is 14.8 Å². The zero-order valence-electron chi connectivity index (χ0n) is 15.6. The van der Waals surface area contributed by atoms with Crippen molar-refractivity contribution in [1.82, 2.24) is 5.32 Å². The summed E-state index contributed by atoms with van der Waals surface area (Å²) in [6.07, 6.45) is 2.97. The molecule has 26 heavy (non-hydrogen) atoms. The van der Waals surface area contributed by atoms with E-state index in [9.17, 15) is 0 Å². The summed E-state index contributed by atoms with van der Waals surface area (Å²) in [5.41, 5.74) is 3.51. The van der Waals surface area contributed by atoms with E-state index in [1.807, 2.05) is 24.3 Å². The lowest BCUT2D eigenvalue weighted by Gasteiger charge is -2.15. The molecule has 0 spiro atoms. The third kappa shape index (κ3) is 6.31. The zero-order valence-corrected chi connectivity index (χ0v) is 17.1. The molecule has 5 heteroatoms. The van der Waals surface area contributed by atoms with Gasteiger partial charge in [0.15, 0.2) is 11.5 Å². The standard InChI is InChI=1S/C21H28BrNO3/c1-16-8-4-5-9-17(16)15-26-21-13-19(22)18(12-20(21)25-2)14-23-10-6-3-7-11-24/h4-5,8-9,12-13,23-24H,3,6-7,10-11,14-15H2,1-2H3. The molecule has 0 aliphatic carbocycles. The Bertz CT molecular complexity index is 691. The summed E-state index contributed by atoms with van der Waals surface area (Å²) in [6, 6.07) is 12.2. The molecule has 142 valence electrons. The van der Waals surface area contributed by atoms with Crippen LogP contribution in [0.5, 0.6) is 11.5 Å². The van der Waals surface area contributed by atoms with E-state index in [1.165, 1.54) is 11.1 Å². The SMILES string of the molecule is COc1cc(CNCCCCCO)c(Br)cc1OCc1ccccc1C. The second-order valence-electron chi connectivity index (χ2n) is 6.27. The molecule has 0 saturated heterocycles. The lowest BCUT2D eigenvalue weighted by Crippen LogP contribution is -2.15. The van der Waals surface area contributed by atoms with Gasteiger partial charge in [-0.25, -0.2) is 0 Å². The van der Waals surface area contributed by atoms with Gasteiger partial charge in [-0.3, -0.25) is 0 Å². The number of halogens is 1. The minimum Gasteiger partial charge on any atom is -0.493 e. The topological polar surface area (TPSA) is 50.7 Å². The minimum atomic E-state index is 0.271. The maximum Gasteiger partial charge on any atom is 0.162 e. The van der Waals surface area contributed by atoms with Crippen LogP contribution in [0, 0.1) is 6.92 Å². The number of ether oxygens (including phenoxy) is 2. The first-order valence-corrected chi connectivity index (χ1v) is 9.80. The maximum absolute atomic E-state index is 8.80. The molecule has 0 saturated carbocycles. The predicted octanol–water partition coefficient (Wildman–Crippen LogP) is 4.60. The summed E-state index contributed by atoms with van der Waals surface area (Å²) in [5, 5.41) is 12.2. The van der Waals surface area contributed by atoms with Crippen LogP contribution in [0.15, 0.2) is 40.9 Å². The number of rotatable bonds is 11. The average molecular weight is 422 g/mol. The molecule has 0 heterocycles. The fraction of sp³-hybridized carbons (Fsp3) is 0.429. The van der Waals surface area contributed by atoms with Gasteiger partial charge in [0.1, 0.15) is 6.61 Å². The number of unbranched alkanes of at least 4 members (excludes halogenated alkanes) is 2. The first-order chi connectivity index (χ1) is 12.7. The number of aliphatic hydroxyl groups excluding tert-OH is 1. The molecular formula is C21H28BrNO3. The van der Waals surface area contributed by atoms with E-state index in [-0.39, 0.29) is 6.61 Å². The number of hydrogen-bond acceptors (Lipinski definition) is 4. The Kier molecular flexibility index (Phi) is 8.95. The highest BCUT2D eigenvalue weighted by Gasteiger charge is 2.11. The van der Waals surface area contributed by atoms with Gasteiger partial charge in [-0.05, 0) is 61.6 Å². The van der Waals surface area contributed by atoms with Gasteiger partial charge in [0.2, 0.25) is 0 Å². The highest BCUT2D eigenvalue weighted by molar-refractivity contribution is 9.10. The highest BCUT2D eigenvalue weighted by Crippen LogP contribution is 2.34. The normalized spacial score (nSPS) is 10.8. The molecule has 0 aliphatic rings. The molecule has 2 aromatic carbocycles. The van der Waals surface area contributed by atoms with E-state index in [0.717, 1.165) is 53.9 Å². The molecule has 2 rings (SSSR count). The highest BCUT2D eigenvalue weighted by atomic mass is 79.9. The summed E-state index contributed by atoms with van der Waals surface area (Å²) in [5.74, 6) is 1.47. The van der Waals surface area contributed by atoms with E-state index in [4.69, 9.17) is 14.6 Å². The summed E-state index contributed by atoms with van der Waals surface area (Å²) in [4.78, 5) is 0. The molecule has 0 aliphatic heterocycles. The van der Waals surface area contributed by atoms with Crippen LogP contribution in [0.3, 0.4) is 0 Å². The van der Waals surface area contributed by atoms with Gasteiger partial charge in [0.05, 0.1) is 7.11 Å². The van der Waals surface area contributed by atoms with E-state index in [2.05, 4.69) is 40.3 Å². The van der Waals surface area contributed by atoms with Crippen LogP contribution in [0.25, 0.3) is 0 Å². The Morgan fingerprint density at radius 2 is 1.85 bits per heavy atom. The molecule has 2 N–H and O–H groups in total. The number of methoxy groups -OCH3 is 1. The lowest BCUT2D eigenvalue weighted by atomic mass is 10.1. The third-order valence-corrected chi connectivity index (χ3v) is 5.04. The average Bonchev–Trinajstić information content (AvgIpc) is 2.65. The second kappa shape index (κ2) is 11.2. The largest absolute Gasteiger partial charge is 0.493 e. The fourth-order valence-corrected chi connectivity index (χ4v) is 3.14. The van der Waals surface area contributed by atoms with E-state index < -0.39 is 0 Å². The van der Waals surface area contributed by atoms with Crippen LogP contribution in [0.1, 0.15) is 36.0 Å². The van der Waals surface area contributed by atoms with Crippen LogP contribution >= 0.6 is 15.9 Å². The Balaban J connectivity index is 1.96. The van der Waals surface area contributed by atoms with Crippen molar-refractivity contribution in [2.24, 2.45) is 0 Å². The molecule has 0 aromatic heterocycles. The van der Waals surface area contributed by atoms with Gasteiger partial charge < -0.3 is 19.9 Å². The van der Waals surface area contributed by atoms with Gasteiger partial charge in [0, 0.05) is 17.6 Å². The monoisotopic (exact) mass is 421 g/mol. The molecule has 0 bridgehead atoms. The quantitative estimate of drug-likeness (QED) is 0.520. The van der Waals surface area contributed by atoms with Crippen molar-refractivity contribution in [3.8, 4) is 11.5 Å². The molecule has 2 aromatic rings. The molecule has 0 radical (unpaired) electrons. The first-order valence-electron chi connectivity index (χ1n) is 9.01. The van der Waals surface area contributed by atoms with Crippen LogP contribution in [-0.4, -0.2) is 25.4 Å². The van der Waals surface area contributed by atoms with Gasteiger partial charge >= 0.3 is 0 Å². The minimum absolute atomic E-state index is 0.271. The molecule has 0 unspecified atom stereocenters. The van der Waals surface area contributed by atoms with Gasteiger partial charge in [-0.15, -0.1) is 0 Å². The van der Waals surface area contributed by atoms with Gasteiger partial charge in [0.25, 0.3) is 0 Å². The van der Waals surface area contributed by atoms with Crippen molar-refractivity contribution in [3.05, 3.63) is 57.6 Å². The Labute approximate surface area is 164 Å².